The van der Waals surface area contributed by atoms with E-state index in [1.54, 1.807) is 10.7 Å². The van der Waals surface area contributed by atoms with E-state index in [-0.39, 0.29) is 6.61 Å². The van der Waals surface area contributed by atoms with Crippen molar-refractivity contribution in [1.29, 1.82) is 0 Å². The number of aliphatic hydroxyl groups is 1. The molecule has 0 aliphatic heterocycles. The van der Waals surface area contributed by atoms with E-state index in [1.165, 1.54) is 11.1 Å². The van der Waals surface area contributed by atoms with Crippen molar-refractivity contribution in [3.8, 4) is 11.3 Å². The average molecular weight is 253 g/mol. The van der Waals surface area contributed by atoms with Crippen LogP contribution in [0.1, 0.15) is 16.8 Å². The van der Waals surface area contributed by atoms with Crippen LogP contribution in [0.4, 0.5) is 0 Å². The lowest BCUT2D eigenvalue weighted by Crippen LogP contribution is -1.94. The monoisotopic (exact) mass is 253 g/mol. The summed E-state index contributed by atoms with van der Waals surface area (Å²) < 4.78 is 1.71. The molecule has 0 saturated heterocycles. The second-order valence-corrected chi connectivity index (χ2v) is 4.73. The Morgan fingerprint density at radius 1 is 1.16 bits per heavy atom. The van der Waals surface area contributed by atoms with Gasteiger partial charge in [0.2, 0.25) is 0 Å². The molecule has 2 heterocycles. The lowest BCUT2D eigenvalue weighted by molar-refractivity contribution is 0.277. The summed E-state index contributed by atoms with van der Waals surface area (Å²) in [5.74, 6) is 0. The predicted octanol–water partition coefficient (Wildman–Crippen LogP) is 2.51. The molecule has 96 valence electrons. The fraction of sp³-hybridized carbons (Fsp3) is 0.200. The van der Waals surface area contributed by atoms with Gasteiger partial charge in [-0.1, -0.05) is 23.8 Å². The summed E-state index contributed by atoms with van der Waals surface area (Å²) in [4.78, 5) is 4.25. The first-order valence-electron chi connectivity index (χ1n) is 6.21. The molecule has 4 nitrogen and oxygen atoms in total. The van der Waals surface area contributed by atoms with Crippen LogP contribution >= 0.6 is 0 Å². The minimum atomic E-state index is -0.0672. The molecule has 0 amide bonds. The van der Waals surface area contributed by atoms with Gasteiger partial charge in [-0.15, -0.1) is 0 Å². The largest absolute Gasteiger partial charge is 0.390 e. The van der Waals surface area contributed by atoms with E-state index in [4.69, 9.17) is 5.11 Å². The highest BCUT2D eigenvalue weighted by molar-refractivity contribution is 5.64. The first kappa shape index (κ1) is 11.9. The number of aryl methyl sites for hydroxylation is 2. The van der Waals surface area contributed by atoms with Crippen molar-refractivity contribution in [3.63, 3.8) is 0 Å². The third-order valence-corrected chi connectivity index (χ3v) is 3.19. The number of aromatic nitrogens is 3. The Hall–Kier alpha value is -2.20. The number of hydrogen-bond donors (Lipinski definition) is 1. The van der Waals surface area contributed by atoms with Crippen LogP contribution in [0.15, 0.2) is 36.5 Å². The summed E-state index contributed by atoms with van der Waals surface area (Å²) in [6, 6.07) is 10.2. The second kappa shape index (κ2) is 4.48. The number of fused-ring (bicyclic) bond motifs is 1. The van der Waals surface area contributed by atoms with Gasteiger partial charge in [-0.25, -0.2) is 9.50 Å². The first-order valence-corrected chi connectivity index (χ1v) is 6.21. The smallest absolute Gasteiger partial charge is 0.153 e. The Kier molecular flexibility index (Phi) is 2.80. The highest BCUT2D eigenvalue weighted by atomic mass is 16.3. The van der Waals surface area contributed by atoms with Gasteiger partial charge in [0.1, 0.15) is 0 Å². The molecule has 2 aromatic heterocycles. The van der Waals surface area contributed by atoms with E-state index in [1.807, 2.05) is 12.1 Å². The van der Waals surface area contributed by atoms with E-state index in [2.05, 4.69) is 42.1 Å². The minimum absolute atomic E-state index is 0.0672. The number of aliphatic hydroxyl groups excluding tert-OH is 1. The molecular weight excluding hydrogens is 238 g/mol. The van der Waals surface area contributed by atoms with E-state index in [9.17, 15) is 0 Å². The van der Waals surface area contributed by atoms with Crippen LogP contribution in [-0.4, -0.2) is 19.7 Å². The fourth-order valence-electron chi connectivity index (χ4n) is 2.25. The number of benzene rings is 1. The normalized spacial score (nSPS) is 11.1. The van der Waals surface area contributed by atoms with Crippen LogP contribution in [0.3, 0.4) is 0 Å². The molecule has 0 radical (unpaired) electrons. The molecule has 4 heteroatoms. The molecule has 0 aliphatic carbocycles. The summed E-state index contributed by atoms with van der Waals surface area (Å²) in [6.07, 6.45) is 1.75. The number of rotatable bonds is 2. The van der Waals surface area contributed by atoms with Crippen molar-refractivity contribution in [3.05, 3.63) is 53.3 Å². The van der Waals surface area contributed by atoms with Crippen LogP contribution < -0.4 is 0 Å². The Balaban J connectivity index is 2.14. The summed E-state index contributed by atoms with van der Waals surface area (Å²) in [5, 5.41) is 13.6. The zero-order chi connectivity index (χ0) is 13.4. The van der Waals surface area contributed by atoms with Gasteiger partial charge in [0.15, 0.2) is 5.65 Å². The lowest BCUT2D eigenvalue weighted by Gasteiger charge is -2.06. The van der Waals surface area contributed by atoms with Crippen molar-refractivity contribution >= 4 is 5.65 Å². The van der Waals surface area contributed by atoms with Gasteiger partial charge >= 0.3 is 0 Å². The zero-order valence-corrected chi connectivity index (χ0v) is 11.0. The van der Waals surface area contributed by atoms with Crippen molar-refractivity contribution in [1.82, 2.24) is 14.6 Å². The molecule has 3 aromatic rings. The number of hydrogen-bond acceptors (Lipinski definition) is 3. The SMILES string of the molecule is Cc1ccc(-c2ccc3nc(CO)cn3n2)c(C)c1. The van der Waals surface area contributed by atoms with Gasteiger partial charge < -0.3 is 5.11 Å². The third-order valence-electron chi connectivity index (χ3n) is 3.19. The Morgan fingerprint density at radius 3 is 2.74 bits per heavy atom. The minimum Gasteiger partial charge on any atom is -0.390 e. The Labute approximate surface area is 111 Å². The molecule has 1 N–H and O–H groups in total. The molecule has 19 heavy (non-hydrogen) atoms. The van der Waals surface area contributed by atoms with Gasteiger partial charge in [-0.3, -0.25) is 0 Å². The fourth-order valence-corrected chi connectivity index (χ4v) is 2.25. The Bertz CT molecular complexity index is 746. The molecule has 0 fully saturated rings. The highest BCUT2D eigenvalue weighted by Gasteiger charge is 2.07. The van der Waals surface area contributed by atoms with Crippen LogP contribution in [0.25, 0.3) is 16.9 Å². The first-order chi connectivity index (χ1) is 9.17. The maximum absolute atomic E-state index is 9.10. The molecule has 0 spiro atoms. The van der Waals surface area contributed by atoms with E-state index >= 15 is 0 Å². The van der Waals surface area contributed by atoms with Gasteiger partial charge in [-0.05, 0) is 31.5 Å². The van der Waals surface area contributed by atoms with Crippen LogP contribution in [0, 0.1) is 13.8 Å². The maximum Gasteiger partial charge on any atom is 0.153 e. The van der Waals surface area contributed by atoms with Gasteiger partial charge in [-0.2, -0.15) is 5.10 Å². The molecule has 0 atom stereocenters. The van der Waals surface area contributed by atoms with Crippen LogP contribution in [0.2, 0.25) is 0 Å². The molecule has 3 rings (SSSR count). The van der Waals surface area contributed by atoms with Crippen molar-refractivity contribution in [2.24, 2.45) is 0 Å². The third kappa shape index (κ3) is 2.11. The van der Waals surface area contributed by atoms with E-state index in [0.29, 0.717) is 5.69 Å². The lowest BCUT2D eigenvalue weighted by atomic mass is 10.0. The molecule has 1 aromatic carbocycles. The van der Waals surface area contributed by atoms with E-state index in [0.717, 1.165) is 16.9 Å². The maximum atomic E-state index is 9.10. The Morgan fingerprint density at radius 2 is 2.00 bits per heavy atom. The van der Waals surface area contributed by atoms with E-state index < -0.39 is 0 Å². The van der Waals surface area contributed by atoms with Gasteiger partial charge in [0.05, 0.1) is 24.2 Å². The topological polar surface area (TPSA) is 50.4 Å². The standard InChI is InChI=1S/C15H15N3O/c1-10-3-4-13(11(2)7-10)14-5-6-15-16-12(9-19)8-18(15)17-14/h3-8,19H,9H2,1-2H3. The highest BCUT2D eigenvalue weighted by Crippen LogP contribution is 2.22. The molecular formula is C15H15N3O. The second-order valence-electron chi connectivity index (χ2n) is 4.73. The molecule has 0 aliphatic rings. The van der Waals surface area contributed by atoms with Crippen LogP contribution in [-0.2, 0) is 6.61 Å². The molecule has 0 saturated carbocycles. The number of imidazole rings is 1. The zero-order valence-electron chi connectivity index (χ0n) is 11.0. The van der Waals surface area contributed by atoms with Crippen LogP contribution in [0.5, 0.6) is 0 Å². The van der Waals surface area contributed by atoms with Crippen molar-refractivity contribution in [2.45, 2.75) is 20.5 Å². The summed E-state index contributed by atoms with van der Waals surface area (Å²) >= 11 is 0. The summed E-state index contributed by atoms with van der Waals surface area (Å²) in [6.45, 7) is 4.10. The quantitative estimate of drug-likeness (QED) is 0.763. The van der Waals surface area contributed by atoms with Gasteiger partial charge in [0.25, 0.3) is 0 Å². The average Bonchev–Trinajstić information content (AvgIpc) is 2.80. The summed E-state index contributed by atoms with van der Waals surface area (Å²) in [7, 11) is 0. The predicted molar refractivity (Wildman–Crippen MR) is 73.8 cm³/mol. The molecule has 0 unspecified atom stereocenters. The van der Waals surface area contributed by atoms with Gasteiger partial charge in [0, 0.05) is 5.56 Å². The van der Waals surface area contributed by atoms with Crippen molar-refractivity contribution in [2.75, 3.05) is 0 Å². The molecule has 0 bridgehead atoms. The number of nitrogens with zero attached hydrogens (tertiary/aromatic N) is 3. The van der Waals surface area contributed by atoms with Crippen molar-refractivity contribution < 1.29 is 5.11 Å². The summed E-state index contributed by atoms with van der Waals surface area (Å²) in [5.41, 5.74) is 5.85.